The zero-order valence-electron chi connectivity index (χ0n) is 16.0. The molecule has 1 unspecified atom stereocenters. The molecule has 4 rings (SSSR count). The molecule has 0 saturated carbocycles. The van der Waals surface area contributed by atoms with Crippen LogP contribution in [0, 0.1) is 20.8 Å². The van der Waals surface area contributed by atoms with E-state index in [9.17, 15) is 4.79 Å². The van der Waals surface area contributed by atoms with Gasteiger partial charge in [0.05, 0.1) is 11.2 Å². The molecule has 0 aliphatic heterocycles. The van der Waals surface area contributed by atoms with Gasteiger partial charge in [0.25, 0.3) is 5.56 Å². The molecule has 5 heteroatoms. The molecule has 0 spiro atoms. The highest BCUT2D eigenvalue weighted by Gasteiger charge is 2.18. The third-order valence-electron chi connectivity index (χ3n) is 5.38. The second-order valence-electron chi connectivity index (χ2n) is 7.24. The molecular formula is C22H23N3OS. The van der Waals surface area contributed by atoms with Gasteiger partial charge in [-0.2, -0.15) is 0 Å². The number of fused-ring (bicyclic) bond motifs is 3. The number of H-pyrrole nitrogens is 1. The van der Waals surface area contributed by atoms with Gasteiger partial charge in [0.15, 0.2) is 0 Å². The van der Waals surface area contributed by atoms with Crippen LogP contribution in [0.5, 0.6) is 0 Å². The van der Waals surface area contributed by atoms with Crippen LogP contribution in [0.15, 0.2) is 34.4 Å². The van der Waals surface area contributed by atoms with Crippen molar-refractivity contribution in [3.8, 4) is 11.1 Å². The lowest BCUT2D eigenvalue weighted by molar-refractivity contribution is 0.773. The lowest BCUT2D eigenvalue weighted by Crippen LogP contribution is -2.09. The summed E-state index contributed by atoms with van der Waals surface area (Å²) in [7, 11) is 0. The Hall–Kier alpha value is -2.50. The van der Waals surface area contributed by atoms with Crippen LogP contribution in [0.1, 0.15) is 35.4 Å². The fourth-order valence-corrected chi connectivity index (χ4v) is 4.66. The number of nitrogens with zero attached hydrogens (tertiary/aromatic N) is 1. The number of aromatic amines is 1. The highest BCUT2D eigenvalue weighted by molar-refractivity contribution is 7.17. The Morgan fingerprint density at radius 1 is 1.19 bits per heavy atom. The largest absolute Gasteiger partial charge is 0.330 e. The van der Waals surface area contributed by atoms with E-state index in [4.69, 9.17) is 10.7 Å². The Bertz CT molecular complexity index is 1240. The van der Waals surface area contributed by atoms with Crippen molar-refractivity contribution >= 4 is 32.3 Å². The van der Waals surface area contributed by atoms with E-state index in [1.54, 1.807) is 0 Å². The second-order valence-corrected chi connectivity index (χ2v) is 8.15. The Labute approximate surface area is 162 Å². The summed E-state index contributed by atoms with van der Waals surface area (Å²) in [5.74, 6) is 0.326. The molecule has 0 saturated heterocycles. The van der Waals surface area contributed by atoms with Crippen LogP contribution in [0.25, 0.3) is 32.1 Å². The van der Waals surface area contributed by atoms with Gasteiger partial charge in [-0.1, -0.05) is 25.1 Å². The SMILES string of the molecule is Cc1cc(C(C)CN)ccc1-c1c(C)nc(C)c2[nH]c(=O)c3sccc3c12. The number of rotatable bonds is 3. The fraction of sp³-hybridized carbons (Fsp3) is 0.273. The molecule has 27 heavy (non-hydrogen) atoms. The summed E-state index contributed by atoms with van der Waals surface area (Å²) in [6.07, 6.45) is 0. The third-order valence-corrected chi connectivity index (χ3v) is 6.29. The summed E-state index contributed by atoms with van der Waals surface area (Å²) in [6, 6.07) is 8.58. The molecule has 0 bridgehead atoms. The average Bonchev–Trinajstić information content (AvgIpc) is 3.13. The monoisotopic (exact) mass is 377 g/mol. The van der Waals surface area contributed by atoms with E-state index < -0.39 is 0 Å². The summed E-state index contributed by atoms with van der Waals surface area (Å²) in [5.41, 5.74) is 13.1. The minimum Gasteiger partial charge on any atom is -0.330 e. The molecule has 0 radical (unpaired) electrons. The number of pyridine rings is 2. The van der Waals surface area contributed by atoms with Crippen molar-refractivity contribution in [2.75, 3.05) is 6.54 Å². The Morgan fingerprint density at radius 2 is 1.96 bits per heavy atom. The van der Waals surface area contributed by atoms with Gasteiger partial charge in [0, 0.05) is 22.0 Å². The second kappa shape index (κ2) is 6.59. The quantitative estimate of drug-likeness (QED) is 0.539. The van der Waals surface area contributed by atoms with E-state index in [1.165, 1.54) is 22.5 Å². The number of benzene rings is 1. The van der Waals surface area contributed by atoms with Crippen molar-refractivity contribution < 1.29 is 0 Å². The van der Waals surface area contributed by atoms with E-state index in [0.29, 0.717) is 12.5 Å². The first-order chi connectivity index (χ1) is 12.9. The highest BCUT2D eigenvalue weighted by atomic mass is 32.1. The van der Waals surface area contributed by atoms with E-state index >= 15 is 0 Å². The van der Waals surface area contributed by atoms with Crippen molar-refractivity contribution in [1.29, 1.82) is 0 Å². The van der Waals surface area contributed by atoms with Crippen molar-refractivity contribution in [1.82, 2.24) is 9.97 Å². The maximum absolute atomic E-state index is 12.5. The van der Waals surface area contributed by atoms with Crippen LogP contribution >= 0.6 is 11.3 Å². The zero-order valence-corrected chi connectivity index (χ0v) is 16.8. The number of hydrogen-bond acceptors (Lipinski definition) is 4. The molecule has 3 aromatic heterocycles. The summed E-state index contributed by atoms with van der Waals surface area (Å²) in [6.45, 7) is 8.89. The highest BCUT2D eigenvalue weighted by Crippen LogP contribution is 2.38. The van der Waals surface area contributed by atoms with Crippen molar-refractivity contribution in [3.63, 3.8) is 0 Å². The predicted octanol–water partition coefficient (Wildman–Crippen LogP) is 4.79. The van der Waals surface area contributed by atoms with Gasteiger partial charge < -0.3 is 10.7 Å². The normalized spacial score (nSPS) is 12.8. The number of nitrogens with one attached hydrogen (secondary N) is 1. The molecule has 3 N–H and O–H groups in total. The molecule has 0 fully saturated rings. The molecule has 138 valence electrons. The summed E-state index contributed by atoms with van der Waals surface area (Å²) in [4.78, 5) is 20.3. The Balaban J connectivity index is 2.11. The Kier molecular flexibility index (Phi) is 4.36. The smallest absolute Gasteiger partial charge is 0.266 e. The molecular weight excluding hydrogens is 354 g/mol. The van der Waals surface area contributed by atoms with Crippen LogP contribution in [-0.2, 0) is 0 Å². The van der Waals surface area contributed by atoms with Crippen LogP contribution in [0.4, 0.5) is 0 Å². The molecule has 1 aromatic carbocycles. The molecule has 1 atom stereocenters. The maximum Gasteiger partial charge on any atom is 0.266 e. The summed E-state index contributed by atoms with van der Waals surface area (Å²) >= 11 is 1.48. The minimum absolute atomic E-state index is 0.0453. The summed E-state index contributed by atoms with van der Waals surface area (Å²) < 4.78 is 0.764. The van der Waals surface area contributed by atoms with Gasteiger partial charge in [-0.15, -0.1) is 11.3 Å². The lowest BCUT2D eigenvalue weighted by Gasteiger charge is -2.17. The first-order valence-electron chi connectivity index (χ1n) is 9.13. The maximum atomic E-state index is 12.5. The minimum atomic E-state index is -0.0453. The number of thiophene rings is 1. The van der Waals surface area contributed by atoms with Crippen LogP contribution in [0.2, 0.25) is 0 Å². The number of aromatic nitrogens is 2. The zero-order chi connectivity index (χ0) is 19.3. The van der Waals surface area contributed by atoms with Gasteiger partial charge in [0.1, 0.15) is 4.70 Å². The topological polar surface area (TPSA) is 71.8 Å². The van der Waals surface area contributed by atoms with Gasteiger partial charge in [-0.25, -0.2) is 0 Å². The lowest BCUT2D eigenvalue weighted by atomic mass is 9.90. The van der Waals surface area contributed by atoms with E-state index in [-0.39, 0.29) is 5.56 Å². The average molecular weight is 378 g/mol. The fourth-order valence-electron chi connectivity index (χ4n) is 3.86. The predicted molar refractivity (Wildman–Crippen MR) is 115 cm³/mol. The van der Waals surface area contributed by atoms with E-state index in [2.05, 4.69) is 37.0 Å². The standard InChI is InChI=1S/C22H23N3OS/c1-11-9-15(12(2)10-23)5-6-16(11)18-13(3)24-14(4)20-19(18)17-7-8-27-21(17)22(26)25-20/h5-9,12H,10,23H2,1-4H3,(H,25,26). The van der Waals surface area contributed by atoms with Crippen LogP contribution in [-0.4, -0.2) is 16.5 Å². The third kappa shape index (κ3) is 2.78. The van der Waals surface area contributed by atoms with Crippen molar-refractivity contribution in [3.05, 3.63) is 62.5 Å². The first kappa shape index (κ1) is 17.9. The van der Waals surface area contributed by atoms with Gasteiger partial charge in [-0.05, 0) is 61.4 Å². The molecule has 0 aliphatic carbocycles. The van der Waals surface area contributed by atoms with Crippen LogP contribution in [0.3, 0.4) is 0 Å². The van der Waals surface area contributed by atoms with Crippen LogP contribution < -0.4 is 11.3 Å². The van der Waals surface area contributed by atoms with Gasteiger partial charge in [0.2, 0.25) is 0 Å². The molecule has 0 amide bonds. The summed E-state index contributed by atoms with van der Waals surface area (Å²) in [5, 5.41) is 4.06. The van der Waals surface area contributed by atoms with E-state index in [0.717, 1.165) is 43.5 Å². The van der Waals surface area contributed by atoms with Gasteiger partial charge in [-0.3, -0.25) is 9.78 Å². The number of hydrogen-bond donors (Lipinski definition) is 2. The number of aryl methyl sites for hydroxylation is 3. The first-order valence-corrected chi connectivity index (χ1v) is 10.0. The van der Waals surface area contributed by atoms with Crippen molar-refractivity contribution in [2.24, 2.45) is 5.73 Å². The van der Waals surface area contributed by atoms with E-state index in [1.807, 2.05) is 25.3 Å². The van der Waals surface area contributed by atoms with Gasteiger partial charge >= 0.3 is 0 Å². The molecule has 4 aromatic rings. The molecule has 3 heterocycles. The molecule has 4 nitrogen and oxygen atoms in total. The number of nitrogens with two attached hydrogens (primary N) is 1. The van der Waals surface area contributed by atoms with Crippen molar-refractivity contribution in [2.45, 2.75) is 33.6 Å². The molecule has 0 aliphatic rings. The Morgan fingerprint density at radius 3 is 2.67 bits per heavy atom.